The zero-order valence-corrected chi connectivity index (χ0v) is 8.91. The molecule has 1 unspecified atom stereocenters. The number of nitrogen functional groups attached to an aromatic ring is 1. The molecule has 2 rings (SSSR count). The number of aromatic nitrogens is 3. The third-order valence-electron chi connectivity index (χ3n) is 2.60. The Kier molecular flexibility index (Phi) is 3.04. The molecule has 1 saturated heterocycles. The van der Waals surface area contributed by atoms with Crippen LogP contribution in [0.25, 0.3) is 0 Å². The lowest BCUT2D eigenvalue weighted by Gasteiger charge is -2.29. The number of carbonyl (C=O) groups excluding carboxylic acids is 1. The largest absolute Gasteiger partial charge is 0.391 e. The van der Waals surface area contributed by atoms with Crippen molar-refractivity contribution in [2.75, 3.05) is 18.8 Å². The molecule has 3 N–H and O–H groups in total. The van der Waals surface area contributed by atoms with Gasteiger partial charge in [0.1, 0.15) is 6.54 Å². The van der Waals surface area contributed by atoms with Crippen LogP contribution in [0.2, 0.25) is 0 Å². The van der Waals surface area contributed by atoms with Crippen LogP contribution in [-0.4, -0.2) is 50.1 Å². The second-order valence-electron chi connectivity index (χ2n) is 3.98. The van der Waals surface area contributed by atoms with Crippen LogP contribution in [0.5, 0.6) is 0 Å². The maximum atomic E-state index is 11.8. The van der Waals surface area contributed by atoms with Crippen LogP contribution in [0.4, 0.5) is 5.82 Å². The molecular formula is C9H15N5O2. The fourth-order valence-electron chi connectivity index (χ4n) is 1.81. The third kappa shape index (κ3) is 2.48. The minimum absolute atomic E-state index is 0.0661. The number of β-amino-alcohol motifs (C(OH)–C–C–N with tert-alkyl or cyclic N) is 1. The molecule has 88 valence electrons. The highest BCUT2D eigenvalue weighted by atomic mass is 16.3. The first-order valence-electron chi connectivity index (χ1n) is 5.26. The fraction of sp³-hybridized carbons (Fsp3) is 0.667. The minimum atomic E-state index is -0.404. The van der Waals surface area contributed by atoms with Gasteiger partial charge in [0.2, 0.25) is 5.91 Å². The first kappa shape index (κ1) is 10.9. The smallest absolute Gasteiger partial charge is 0.244 e. The van der Waals surface area contributed by atoms with Gasteiger partial charge in [-0.15, -0.1) is 5.10 Å². The van der Waals surface area contributed by atoms with E-state index < -0.39 is 6.10 Å². The molecule has 0 spiro atoms. The molecule has 1 aromatic heterocycles. The molecule has 16 heavy (non-hydrogen) atoms. The molecule has 1 atom stereocenters. The molecule has 0 saturated carbocycles. The van der Waals surface area contributed by atoms with Crippen molar-refractivity contribution in [2.24, 2.45) is 0 Å². The van der Waals surface area contributed by atoms with Gasteiger partial charge in [-0.05, 0) is 12.8 Å². The number of piperidine rings is 1. The number of aliphatic hydroxyl groups excluding tert-OH is 1. The van der Waals surface area contributed by atoms with Crippen molar-refractivity contribution in [1.82, 2.24) is 19.9 Å². The van der Waals surface area contributed by atoms with Gasteiger partial charge in [0.05, 0.1) is 12.3 Å². The number of nitrogens with two attached hydrogens (primary N) is 1. The lowest BCUT2D eigenvalue weighted by atomic mass is 10.1. The lowest BCUT2D eigenvalue weighted by molar-refractivity contribution is -0.135. The summed E-state index contributed by atoms with van der Waals surface area (Å²) < 4.78 is 1.40. The number of nitrogens with zero attached hydrogens (tertiary/aromatic N) is 4. The van der Waals surface area contributed by atoms with E-state index in [0.717, 1.165) is 12.8 Å². The molecule has 1 amide bonds. The third-order valence-corrected chi connectivity index (χ3v) is 2.60. The van der Waals surface area contributed by atoms with Gasteiger partial charge in [0, 0.05) is 13.1 Å². The first-order valence-corrected chi connectivity index (χ1v) is 5.26. The Morgan fingerprint density at radius 3 is 3.12 bits per heavy atom. The van der Waals surface area contributed by atoms with E-state index in [1.807, 2.05) is 0 Å². The second kappa shape index (κ2) is 4.48. The summed E-state index contributed by atoms with van der Waals surface area (Å²) in [6.45, 7) is 1.22. The SMILES string of the molecule is Nc1cn(CC(=O)N2CCCC(O)C2)nn1. The maximum absolute atomic E-state index is 11.8. The highest BCUT2D eigenvalue weighted by Crippen LogP contribution is 2.10. The monoisotopic (exact) mass is 225 g/mol. The number of amides is 1. The van der Waals surface area contributed by atoms with Crippen molar-refractivity contribution in [3.05, 3.63) is 6.20 Å². The van der Waals surface area contributed by atoms with E-state index >= 15 is 0 Å². The molecule has 1 fully saturated rings. The van der Waals surface area contributed by atoms with Gasteiger partial charge in [-0.1, -0.05) is 5.21 Å². The van der Waals surface area contributed by atoms with Crippen molar-refractivity contribution >= 4 is 11.7 Å². The number of aliphatic hydroxyl groups is 1. The number of rotatable bonds is 2. The summed E-state index contributed by atoms with van der Waals surface area (Å²) >= 11 is 0. The molecule has 0 bridgehead atoms. The van der Waals surface area contributed by atoms with E-state index in [1.54, 1.807) is 4.90 Å². The van der Waals surface area contributed by atoms with Crippen LogP contribution in [0, 0.1) is 0 Å². The molecule has 0 aromatic carbocycles. The Labute approximate surface area is 92.8 Å². The molecule has 1 aromatic rings. The molecule has 1 aliphatic heterocycles. The van der Waals surface area contributed by atoms with Crippen molar-refractivity contribution < 1.29 is 9.90 Å². The Morgan fingerprint density at radius 1 is 1.69 bits per heavy atom. The van der Waals surface area contributed by atoms with Crippen LogP contribution >= 0.6 is 0 Å². The van der Waals surface area contributed by atoms with Crippen molar-refractivity contribution in [1.29, 1.82) is 0 Å². The molecule has 7 nitrogen and oxygen atoms in total. The average Bonchev–Trinajstić information content (AvgIpc) is 2.64. The summed E-state index contributed by atoms with van der Waals surface area (Å²) in [5, 5.41) is 16.8. The van der Waals surface area contributed by atoms with Gasteiger partial charge in [-0.3, -0.25) is 4.79 Å². The molecule has 1 aliphatic rings. The van der Waals surface area contributed by atoms with E-state index in [-0.39, 0.29) is 12.5 Å². The molecular weight excluding hydrogens is 210 g/mol. The quantitative estimate of drug-likeness (QED) is 0.662. The Hall–Kier alpha value is -1.63. The highest BCUT2D eigenvalue weighted by molar-refractivity contribution is 5.76. The zero-order valence-electron chi connectivity index (χ0n) is 8.91. The van der Waals surface area contributed by atoms with Gasteiger partial charge in [0.15, 0.2) is 5.82 Å². The summed E-state index contributed by atoms with van der Waals surface area (Å²) in [6, 6.07) is 0. The Balaban J connectivity index is 1.92. The Bertz CT molecular complexity index is 378. The van der Waals surface area contributed by atoms with Crippen molar-refractivity contribution in [3.63, 3.8) is 0 Å². The van der Waals surface area contributed by atoms with Gasteiger partial charge < -0.3 is 15.7 Å². The normalized spacial score (nSPS) is 21.1. The predicted molar refractivity (Wildman–Crippen MR) is 56.3 cm³/mol. The van der Waals surface area contributed by atoms with Crippen molar-refractivity contribution in [2.45, 2.75) is 25.5 Å². The van der Waals surface area contributed by atoms with E-state index in [4.69, 9.17) is 5.73 Å². The maximum Gasteiger partial charge on any atom is 0.244 e. The van der Waals surface area contributed by atoms with Crippen LogP contribution in [-0.2, 0) is 11.3 Å². The fourth-order valence-corrected chi connectivity index (χ4v) is 1.81. The molecule has 0 aliphatic carbocycles. The summed E-state index contributed by atoms with van der Waals surface area (Å²) in [7, 11) is 0. The molecule has 7 heteroatoms. The van der Waals surface area contributed by atoms with E-state index in [0.29, 0.717) is 18.9 Å². The zero-order chi connectivity index (χ0) is 11.5. The van der Waals surface area contributed by atoms with E-state index in [9.17, 15) is 9.90 Å². The summed E-state index contributed by atoms with van der Waals surface area (Å²) in [4.78, 5) is 13.5. The number of hydrogen-bond acceptors (Lipinski definition) is 5. The number of likely N-dealkylation sites (tertiary alicyclic amines) is 1. The number of anilines is 1. The molecule has 2 heterocycles. The minimum Gasteiger partial charge on any atom is -0.391 e. The summed E-state index contributed by atoms with van der Waals surface area (Å²) in [5.41, 5.74) is 5.40. The van der Waals surface area contributed by atoms with Gasteiger partial charge >= 0.3 is 0 Å². The van der Waals surface area contributed by atoms with Crippen LogP contribution < -0.4 is 5.73 Å². The van der Waals surface area contributed by atoms with Crippen LogP contribution in [0.1, 0.15) is 12.8 Å². The molecule has 0 radical (unpaired) electrons. The first-order chi connectivity index (χ1) is 7.65. The van der Waals surface area contributed by atoms with E-state index in [1.165, 1.54) is 10.9 Å². The highest BCUT2D eigenvalue weighted by Gasteiger charge is 2.22. The Morgan fingerprint density at radius 2 is 2.50 bits per heavy atom. The number of hydrogen-bond donors (Lipinski definition) is 2. The summed E-state index contributed by atoms with van der Waals surface area (Å²) in [6.07, 6.45) is 2.71. The van der Waals surface area contributed by atoms with E-state index in [2.05, 4.69) is 10.3 Å². The van der Waals surface area contributed by atoms with Crippen LogP contribution in [0.15, 0.2) is 6.20 Å². The average molecular weight is 225 g/mol. The second-order valence-corrected chi connectivity index (χ2v) is 3.98. The van der Waals surface area contributed by atoms with Crippen LogP contribution in [0.3, 0.4) is 0 Å². The van der Waals surface area contributed by atoms with Gasteiger partial charge in [0.25, 0.3) is 0 Å². The lowest BCUT2D eigenvalue weighted by Crippen LogP contribution is -2.43. The van der Waals surface area contributed by atoms with Gasteiger partial charge in [-0.2, -0.15) is 0 Å². The summed E-state index contributed by atoms with van der Waals surface area (Å²) in [5.74, 6) is 0.232. The van der Waals surface area contributed by atoms with Gasteiger partial charge in [-0.25, -0.2) is 4.68 Å². The number of carbonyl (C=O) groups is 1. The van der Waals surface area contributed by atoms with Crippen molar-refractivity contribution in [3.8, 4) is 0 Å². The predicted octanol–water partition coefficient (Wildman–Crippen LogP) is -1.16. The standard InChI is InChI=1S/C9H15N5O2/c10-8-5-14(12-11-8)6-9(16)13-3-1-2-7(15)4-13/h5,7,15H,1-4,6,10H2. The topological polar surface area (TPSA) is 97.3 Å².